The molecule has 2 aromatic rings. The van der Waals surface area contributed by atoms with E-state index in [1.165, 1.54) is 23.5 Å². The molecule has 4 rings (SSSR count). The second-order valence-corrected chi connectivity index (χ2v) is 8.41. The molecule has 1 aromatic heterocycles. The number of fused-ring (bicyclic) bond motifs is 2. The van der Waals surface area contributed by atoms with Crippen molar-refractivity contribution in [3.8, 4) is 0 Å². The molecule has 0 aliphatic heterocycles. The van der Waals surface area contributed by atoms with E-state index in [1.54, 1.807) is 6.92 Å². The molecule has 26 heavy (non-hydrogen) atoms. The molecule has 7 nitrogen and oxygen atoms in total. The molecule has 0 saturated carbocycles. The van der Waals surface area contributed by atoms with Gasteiger partial charge in [0, 0.05) is 18.1 Å². The fourth-order valence-electron chi connectivity index (χ4n) is 3.79. The fraction of sp³-hybridized carbons (Fsp3) is 0.389. The molecular weight excluding hydrogens is 352 g/mol. The highest BCUT2D eigenvalue weighted by Crippen LogP contribution is 2.38. The molecule has 1 aromatic carbocycles. The molecule has 2 amide bonds. The maximum Gasteiger partial charge on any atom is 0.333 e. The third-order valence-electron chi connectivity index (χ3n) is 4.94. The molecule has 136 valence electrons. The smallest absolute Gasteiger partial charge is 0.307 e. The SMILES string of the molecule is Cc1cnc(S(=O)(=O)NC(=O)Nc2c3c(cc4c2CCC4)CCC3)nc1. The average Bonchev–Trinajstić information content (AvgIpc) is 3.23. The number of nitrogens with zero attached hydrogens (tertiary/aromatic N) is 2. The number of nitrogens with one attached hydrogen (secondary N) is 2. The van der Waals surface area contributed by atoms with Crippen molar-refractivity contribution in [3.63, 3.8) is 0 Å². The zero-order chi connectivity index (χ0) is 18.3. The summed E-state index contributed by atoms with van der Waals surface area (Å²) in [4.78, 5) is 20.0. The van der Waals surface area contributed by atoms with E-state index in [0.29, 0.717) is 0 Å². The van der Waals surface area contributed by atoms with Crippen LogP contribution >= 0.6 is 0 Å². The van der Waals surface area contributed by atoms with Crippen molar-refractivity contribution in [1.82, 2.24) is 14.7 Å². The maximum absolute atomic E-state index is 12.4. The van der Waals surface area contributed by atoms with E-state index < -0.39 is 21.2 Å². The van der Waals surface area contributed by atoms with Crippen LogP contribution in [0.2, 0.25) is 0 Å². The lowest BCUT2D eigenvalue weighted by atomic mass is 9.99. The van der Waals surface area contributed by atoms with Crippen LogP contribution in [0.5, 0.6) is 0 Å². The molecule has 2 aliphatic carbocycles. The number of benzene rings is 1. The molecule has 1 heterocycles. The Kier molecular flexibility index (Phi) is 4.14. The van der Waals surface area contributed by atoms with Gasteiger partial charge >= 0.3 is 16.1 Å². The molecule has 0 spiro atoms. The van der Waals surface area contributed by atoms with Gasteiger partial charge in [-0.15, -0.1) is 0 Å². The highest BCUT2D eigenvalue weighted by Gasteiger charge is 2.27. The second-order valence-electron chi connectivity index (χ2n) is 6.84. The number of sulfonamides is 1. The number of hydrogen-bond donors (Lipinski definition) is 2. The number of carbonyl (C=O) groups is 1. The zero-order valence-corrected chi connectivity index (χ0v) is 15.3. The normalized spacial score (nSPS) is 15.4. The van der Waals surface area contributed by atoms with Gasteiger partial charge in [0.2, 0.25) is 0 Å². The van der Waals surface area contributed by atoms with Gasteiger partial charge in [0.1, 0.15) is 0 Å². The van der Waals surface area contributed by atoms with E-state index in [2.05, 4.69) is 21.4 Å². The Morgan fingerprint density at radius 2 is 1.58 bits per heavy atom. The summed E-state index contributed by atoms with van der Waals surface area (Å²) in [5, 5.41) is 2.38. The van der Waals surface area contributed by atoms with Crippen molar-refractivity contribution in [1.29, 1.82) is 0 Å². The van der Waals surface area contributed by atoms with E-state index >= 15 is 0 Å². The van der Waals surface area contributed by atoms with Gasteiger partial charge in [-0.3, -0.25) is 0 Å². The lowest BCUT2D eigenvalue weighted by Gasteiger charge is -2.16. The summed E-state index contributed by atoms with van der Waals surface area (Å²) in [6.45, 7) is 1.76. The molecule has 8 heteroatoms. The number of urea groups is 1. The van der Waals surface area contributed by atoms with Crippen LogP contribution < -0.4 is 10.0 Å². The monoisotopic (exact) mass is 372 g/mol. The molecule has 0 bridgehead atoms. The van der Waals surface area contributed by atoms with Gasteiger partial charge in [-0.1, -0.05) is 6.07 Å². The number of aromatic nitrogens is 2. The summed E-state index contributed by atoms with van der Waals surface area (Å²) in [6, 6.07) is 1.48. The molecular formula is C18H20N4O3S. The van der Waals surface area contributed by atoms with Crippen molar-refractivity contribution in [3.05, 3.63) is 46.3 Å². The average molecular weight is 372 g/mol. The third kappa shape index (κ3) is 3.05. The van der Waals surface area contributed by atoms with E-state index in [4.69, 9.17) is 0 Å². The Labute approximate surface area is 152 Å². The Balaban J connectivity index is 1.59. The molecule has 0 fully saturated rings. The Morgan fingerprint density at radius 1 is 1.00 bits per heavy atom. The van der Waals surface area contributed by atoms with Crippen LogP contribution in [-0.2, 0) is 35.7 Å². The van der Waals surface area contributed by atoms with Crippen LogP contribution in [0.25, 0.3) is 0 Å². The predicted octanol–water partition coefficient (Wildman–Crippen LogP) is 2.27. The number of carbonyl (C=O) groups excluding carboxylic acids is 1. The van der Waals surface area contributed by atoms with Gasteiger partial charge in [0.15, 0.2) is 0 Å². The quantitative estimate of drug-likeness (QED) is 0.805. The minimum Gasteiger partial charge on any atom is -0.307 e. The molecule has 0 saturated heterocycles. The number of amides is 2. The Hall–Kier alpha value is -2.48. The van der Waals surface area contributed by atoms with Gasteiger partial charge in [-0.2, -0.15) is 8.42 Å². The van der Waals surface area contributed by atoms with Crippen LogP contribution in [0.15, 0.2) is 23.6 Å². The van der Waals surface area contributed by atoms with Gasteiger partial charge in [0.25, 0.3) is 5.16 Å². The highest BCUT2D eigenvalue weighted by atomic mass is 32.2. The van der Waals surface area contributed by atoms with Crippen molar-refractivity contribution in [2.45, 2.75) is 50.6 Å². The first-order chi connectivity index (χ1) is 12.4. The van der Waals surface area contributed by atoms with Crippen LogP contribution in [-0.4, -0.2) is 24.4 Å². The zero-order valence-electron chi connectivity index (χ0n) is 14.5. The summed E-state index contributed by atoms with van der Waals surface area (Å²) >= 11 is 0. The van der Waals surface area contributed by atoms with Gasteiger partial charge in [-0.25, -0.2) is 19.5 Å². The van der Waals surface area contributed by atoms with Crippen LogP contribution in [0.1, 0.15) is 40.7 Å². The summed E-state index contributed by atoms with van der Waals surface area (Å²) in [5.41, 5.74) is 6.36. The first-order valence-corrected chi connectivity index (χ1v) is 10.2. The van der Waals surface area contributed by atoms with Gasteiger partial charge in [-0.05, 0) is 73.3 Å². The summed E-state index contributed by atoms with van der Waals surface area (Å²) in [7, 11) is -4.11. The van der Waals surface area contributed by atoms with E-state index in [-0.39, 0.29) is 0 Å². The number of anilines is 1. The molecule has 0 radical (unpaired) electrons. The molecule has 0 atom stereocenters. The Morgan fingerprint density at radius 3 is 2.15 bits per heavy atom. The first kappa shape index (κ1) is 17.0. The lowest BCUT2D eigenvalue weighted by Crippen LogP contribution is -2.35. The highest BCUT2D eigenvalue weighted by molar-refractivity contribution is 7.89. The number of rotatable bonds is 3. The number of hydrogen-bond acceptors (Lipinski definition) is 5. The molecule has 2 N–H and O–H groups in total. The van der Waals surface area contributed by atoms with Gasteiger partial charge in [0.05, 0.1) is 0 Å². The van der Waals surface area contributed by atoms with Crippen LogP contribution in [0.3, 0.4) is 0 Å². The Bertz CT molecular complexity index is 952. The minimum atomic E-state index is -4.11. The summed E-state index contributed by atoms with van der Waals surface area (Å²) in [6.07, 6.45) is 8.75. The molecule has 0 unspecified atom stereocenters. The van der Waals surface area contributed by atoms with Crippen LogP contribution in [0.4, 0.5) is 10.5 Å². The van der Waals surface area contributed by atoms with E-state index in [1.807, 2.05) is 4.72 Å². The topological polar surface area (TPSA) is 101 Å². The van der Waals surface area contributed by atoms with Crippen molar-refractivity contribution < 1.29 is 13.2 Å². The second kappa shape index (κ2) is 6.35. The maximum atomic E-state index is 12.4. The molecule has 2 aliphatic rings. The largest absolute Gasteiger partial charge is 0.333 e. The van der Waals surface area contributed by atoms with Crippen LogP contribution in [0, 0.1) is 6.92 Å². The van der Waals surface area contributed by atoms with Gasteiger partial charge < -0.3 is 5.32 Å². The minimum absolute atomic E-state index is 0.415. The first-order valence-electron chi connectivity index (χ1n) is 8.73. The summed E-state index contributed by atoms with van der Waals surface area (Å²) < 4.78 is 26.6. The van der Waals surface area contributed by atoms with Crippen molar-refractivity contribution in [2.24, 2.45) is 0 Å². The van der Waals surface area contributed by atoms with Crippen molar-refractivity contribution >= 4 is 21.7 Å². The third-order valence-corrected chi connectivity index (χ3v) is 6.08. The standard InChI is InChI=1S/C18H20N4O3S/c1-11-9-19-18(20-10-11)26(24,25)22-17(23)21-16-14-6-2-4-12(14)8-13-5-3-7-15(13)16/h8-10H,2-7H2,1H3,(H2,21,22,23). The lowest BCUT2D eigenvalue weighted by molar-refractivity contribution is 0.256. The fourth-order valence-corrected chi connectivity index (χ4v) is 4.56. The summed E-state index contributed by atoms with van der Waals surface area (Å²) in [5.74, 6) is 0. The number of aryl methyl sites for hydroxylation is 3. The van der Waals surface area contributed by atoms with E-state index in [0.717, 1.165) is 60.9 Å². The predicted molar refractivity (Wildman–Crippen MR) is 96.6 cm³/mol. The van der Waals surface area contributed by atoms with E-state index in [9.17, 15) is 13.2 Å². The van der Waals surface area contributed by atoms with Crippen molar-refractivity contribution in [2.75, 3.05) is 5.32 Å².